The van der Waals surface area contributed by atoms with E-state index in [4.69, 9.17) is 0 Å². The van der Waals surface area contributed by atoms with E-state index in [0.29, 0.717) is 17.2 Å². The summed E-state index contributed by atoms with van der Waals surface area (Å²) in [6.07, 6.45) is 7.72. The van der Waals surface area contributed by atoms with Crippen LogP contribution in [0.2, 0.25) is 0 Å². The lowest BCUT2D eigenvalue weighted by molar-refractivity contribution is -0.119. The number of rotatable bonds is 8. The number of nitrogens with zero attached hydrogens (tertiary/aromatic N) is 1. The van der Waals surface area contributed by atoms with Crippen LogP contribution >= 0.6 is 0 Å². The third-order valence-electron chi connectivity index (χ3n) is 7.21. The minimum Gasteiger partial charge on any atom is -0.317 e. The molecule has 172 valence electrons. The molecule has 6 heteroatoms. The summed E-state index contributed by atoms with van der Waals surface area (Å²) >= 11 is 0. The number of hydrogen-bond acceptors (Lipinski definition) is 5. The Balaban J connectivity index is 1.18. The molecular weight excluding hydrogens is 432 g/mol. The largest absolute Gasteiger partial charge is 0.317 e. The van der Waals surface area contributed by atoms with Crippen molar-refractivity contribution in [2.24, 2.45) is 11.8 Å². The van der Waals surface area contributed by atoms with E-state index >= 15 is 0 Å². The number of hydrogen-bond donors (Lipinski definition) is 1. The minimum atomic E-state index is -3.26. The van der Waals surface area contributed by atoms with Crippen LogP contribution in [0, 0.1) is 11.8 Å². The fraction of sp³-hybridized carbons (Fsp3) is 0.407. The van der Waals surface area contributed by atoms with Crippen molar-refractivity contribution in [2.75, 3.05) is 18.8 Å². The third kappa shape index (κ3) is 5.17. The second kappa shape index (κ2) is 9.35. The second-order valence-electron chi connectivity index (χ2n) is 9.52. The van der Waals surface area contributed by atoms with Crippen LogP contribution in [-0.4, -0.2) is 38.0 Å². The molecular formula is C27H30N2O3S. The van der Waals surface area contributed by atoms with Crippen molar-refractivity contribution in [2.45, 2.75) is 42.9 Å². The average molecular weight is 463 g/mol. The molecule has 1 saturated heterocycles. The summed E-state index contributed by atoms with van der Waals surface area (Å²) in [7, 11) is -3.26. The average Bonchev–Trinajstić information content (AvgIpc) is 3.65. The smallest absolute Gasteiger partial charge is 0.178 e. The van der Waals surface area contributed by atoms with Gasteiger partial charge >= 0.3 is 0 Å². The molecule has 3 aromatic rings. The monoisotopic (exact) mass is 462 g/mol. The quantitative estimate of drug-likeness (QED) is 0.540. The number of aromatic nitrogens is 1. The van der Waals surface area contributed by atoms with Crippen LogP contribution in [0.15, 0.2) is 65.8 Å². The van der Waals surface area contributed by atoms with Gasteiger partial charge in [0, 0.05) is 30.1 Å². The first kappa shape index (κ1) is 22.2. The van der Waals surface area contributed by atoms with E-state index in [-0.39, 0.29) is 23.4 Å². The van der Waals surface area contributed by atoms with E-state index < -0.39 is 9.84 Å². The summed E-state index contributed by atoms with van der Waals surface area (Å²) in [4.78, 5) is 17.4. The molecule has 0 amide bonds. The van der Waals surface area contributed by atoms with E-state index in [0.717, 1.165) is 60.7 Å². The number of nitrogens with one attached hydrogen (secondary N) is 1. The number of sulfone groups is 1. The van der Waals surface area contributed by atoms with Crippen molar-refractivity contribution < 1.29 is 13.2 Å². The number of Topliss-reactive ketones (excluding diaryl/α,β-unsaturated/α-hetero) is 1. The summed E-state index contributed by atoms with van der Waals surface area (Å²) < 4.78 is 25.5. The molecule has 1 saturated carbocycles. The Bertz CT molecular complexity index is 1250. The molecule has 2 aliphatic rings. The molecule has 1 aliphatic carbocycles. The van der Waals surface area contributed by atoms with E-state index in [1.54, 1.807) is 18.3 Å². The molecule has 2 atom stereocenters. The lowest BCUT2D eigenvalue weighted by Crippen LogP contribution is -2.28. The van der Waals surface area contributed by atoms with Crippen molar-refractivity contribution in [1.29, 1.82) is 0 Å². The van der Waals surface area contributed by atoms with Crippen molar-refractivity contribution in [3.05, 3.63) is 72.1 Å². The van der Waals surface area contributed by atoms with Crippen molar-refractivity contribution in [1.82, 2.24) is 10.3 Å². The molecule has 5 rings (SSSR count). The fourth-order valence-electron chi connectivity index (χ4n) is 5.03. The van der Waals surface area contributed by atoms with Crippen LogP contribution in [0.25, 0.3) is 10.8 Å². The van der Waals surface area contributed by atoms with Crippen LogP contribution in [0.3, 0.4) is 0 Å². The molecule has 0 radical (unpaired) electrons. The maximum absolute atomic E-state index is 12.8. The number of piperidine rings is 1. The van der Waals surface area contributed by atoms with Crippen molar-refractivity contribution in [3.63, 3.8) is 0 Å². The van der Waals surface area contributed by atoms with E-state index in [1.165, 1.54) is 0 Å². The maximum atomic E-state index is 12.8. The van der Waals surface area contributed by atoms with Gasteiger partial charge in [0.25, 0.3) is 0 Å². The van der Waals surface area contributed by atoms with Gasteiger partial charge < -0.3 is 5.32 Å². The second-order valence-corrected chi connectivity index (χ2v) is 11.6. The zero-order valence-corrected chi connectivity index (χ0v) is 19.6. The van der Waals surface area contributed by atoms with Gasteiger partial charge in [0.1, 0.15) is 5.78 Å². The van der Waals surface area contributed by atoms with Gasteiger partial charge in [0.2, 0.25) is 0 Å². The summed E-state index contributed by atoms with van der Waals surface area (Å²) in [5.74, 6) is 1.20. The van der Waals surface area contributed by atoms with Gasteiger partial charge in [-0.15, -0.1) is 0 Å². The highest BCUT2D eigenvalue weighted by Gasteiger charge is 2.43. The Kier molecular flexibility index (Phi) is 6.30. The molecule has 5 nitrogen and oxygen atoms in total. The molecule has 2 heterocycles. The van der Waals surface area contributed by atoms with Crippen molar-refractivity contribution in [3.8, 4) is 0 Å². The first-order chi connectivity index (χ1) is 16.0. The molecule has 0 spiro atoms. The first-order valence-corrected chi connectivity index (χ1v) is 13.5. The SMILES string of the molecule is O=C(Cc1ccc2cnccc2c1)[C@@H]1C[C@H]1c1ccc(S(=O)(=O)CCC2CCNCC2)cc1. The van der Waals surface area contributed by atoms with E-state index in [2.05, 4.69) is 16.4 Å². The zero-order chi connectivity index (χ0) is 22.8. The van der Waals surface area contributed by atoms with E-state index in [1.807, 2.05) is 36.5 Å². The normalized spacial score (nSPS) is 21.2. The third-order valence-corrected chi connectivity index (χ3v) is 8.97. The predicted octanol–water partition coefficient (Wildman–Crippen LogP) is 4.31. The Hall–Kier alpha value is -2.57. The highest BCUT2D eigenvalue weighted by atomic mass is 32.2. The number of ketones is 1. The lowest BCUT2D eigenvalue weighted by Gasteiger charge is -2.22. The Morgan fingerprint density at radius 2 is 1.79 bits per heavy atom. The molecule has 1 aromatic heterocycles. The van der Waals surface area contributed by atoms with Crippen LogP contribution < -0.4 is 5.32 Å². The van der Waals surface area contributed by atoms with Gasteiger partial charge in [-0.2, -0.15) is 0 Å². The van der Waals surface area contributed by atoms with Crippen LogP contribution in [0.5, 0.6) is 0 Å². The summed E-state index contributed by atoms with van der Waals surface area (Å²) in [5, 5.41) is 5.49. The number of pyridine rings is 1. The van der Waals surface area contributed by atoms with Gasteiger partial charge in [0.15, 0.2) is 9.84 Å². The van der Waals surface area contributed by atoms with Gasteiger partial charge in [-0.3, -0.25) is 9.78 Å². The van der Waals surface area contributed by atoms with Gasteiger partial charge in [-0.05, 0) is 85.3 Å². The number of benzene rings is 2. The number of fused-ring (bicyclic) bond motifs is 1. The fourth-order valence-corrected chi connectivity index (χ4v) is 6.46. The highest BCUT2D eigenvalue weighted by Crippen LogP contribution is 2.48. The van der Waals surface area contributed by atoms with E-state index in [9.17, 15) is 13.2 Å². The molecule has 0 bridgehead atoms. The first-order valence-electron chi connectivity index (χ1n) is 11.9. The Morgan fingerprint density at radius 1 is 1.00 bits per heavy atom. The Labute approximate surface area is 195 Å². The minimum absolute atomic E-state index is 0.0282. The molecule has 2 aromatic carbocycles. The standard InChI is InChI=1S/C27H30N2O3S/c30-27(16-20-1-2-23-18-29-13-9-22(23)15-20)26-17-25(26)21-3-5-24(6-4-21)33(31,32)14-10-19-7-11-28-12-8-19/h1-6,9,13,15,18-19,25-26,28H,7-8,10-12,14,16-17H2/t25-,26+/m0/s1. The number of carbonyl (C=O) groups is 1. The number of carbonyl (C=O) groups excluding carboxylic acids is 1. The van der Waals surface area contributed by atoms with Crippen LogP contribution in [0.4, 0.5) is 0 Å². The summed E-state index contributed by atoms with van der Waals surface area (Å²) in [5.41, 5.74) is 2.09. The zero-order valence-electron chi connectivity index (χ0n) is 18.7. The van der Waals surface area contributed by atoms with Gasteiger partial charge in [-0.1, -0.05) is 30.3 Å². The maximum Gasteiger partial charge on any atom is 0.178 e. The molecule has 1 aliphatic heterocycles. The summed E-state index contributed by atoms with van der Waals surface area (Å²) in [6, 6.07) is 15.3. The van der Waals surface area contributed by atoms with Crippen LogP contribution in [0.1, 0.15) is 42.7 Å². The molecule has 0 unspecified atom stereocenters. The van der Waals surface area contributed by atoms with Crippen molar-refractivity contribution >= 4 is 26.4 Å². The summed E-state index contributed by atoms with van der Waals surface area (Å²) in [6.45, 7) is 1.97. The van der Waals surface area contributed by atoms with Gasteiger partial charge in [0.05, 0.1) is 10.6 Å². The highest BCUT2D eigenvalue weighted by molar-refractivity contribution is 7.91. The lowest BCUT2D eigenvalue weighted by atomic mass is 9.96. The molecule has 1 N–H and O–H groups in total. The topological polar surface area (TPSA) is 76.1 Å². The predicted molar refractivity (Wildman–Crippen MR) is 130 cm³/mol. The Morgan fingerprint density at radius 3 is 2.58 bits per heavy atom. The van der Waals surface area contributed by atoms with Gasteiger partial charge in [-0.25, -0.2) is 8.42 Å². The molecule has 33 heavy (non-hydrogen) atoms. The molecule has 2 fully saturated rings. The van der Waals surface area contributed by atoms with Crippen LogP contribution in [-0.2, 0) is 21.1 Å².